The van der Waals surface area contributed by atoms with E-state index in [2.05, 4.69) is 6.58 Å². The van der Waals surface area contributed by atoms with Gasteiger partial charge in [0.25, 0.3) is 0 Å². The molecular weight excluding hydrogens is 128 g/mol. The van der Waals surface area contributed by atoms with Gasteiger partial charge in [0.1, 0.15) is 6.10 Å². The lowest BCUT2D eigenvalue weighted by Gasteiger charge is -2.16. The lowest BCUT2D eigenvalue weighted by Crippen LogP contribution is -2.18. The summed E-state index contributed by atoms with van der Waals surface area (Å²) in [5, 5.41) is 0. The molecule has 1 heterocycles. The zero-order valence-electron chi connectivity index (χ0n) is 5.75. The molecule has 54 valence electrons. The van der Waals surface area contributed by atoms with Crippen LogP contribution in [0.2, 0.25) is 0 Å². The second-order valence-corrected chi connectivity index (χ2v) is 2.22. The van der Waals surface area contributed by atoms with Crippen LogP contribution in [0.3, 0.4) is 0 Å². The minimum atomic E-state index is -0.238. The first kappa shape index (κ1) is 7.06. The van der Waals surface area contributed by atoms with Crippen LogP contribution in [0.1, 0.15) is 12.8 Å². The van der Waals surface area contributed by atoms with E-state index in [9.17, 15) is 4.79 Å². The normalized spacial score (nSPS) is 24.0. The molecule has 1 rings (SSSR count). The van der Waals surface area contributed by atoms with E-state index in [4.69, 9.17) is 4.74 Å². The van der Waals surface area contributed by atoms with Crippen LogP contribution in [0.4, 0.5) is 0 Å². The molecule has 0 unspecified atom stereocenters. The Morgan fingerprint density at radius 2 is 2.70 bits per heavy atom. The van der Waals surface area contributed by atoms with E-state index in [1.165, 1.54) is 6.08 Å². The second-order valence-electron chi connectivity index (χ2n) is 2.22. The average molecular weight is 138 g/mol. The fourth-order valence-corrected chi connectivity index (χ4v) is 0.898. The maximum absolute atomic E-state index is 10.6. The number of carbonyl (C=O) groups excluding carboxylic acids is 1. The summed E-state index contributed by atoms with van der Waals surface area (Å²) < 4.78 is 4.93. The van der Waals surface area contributed by atoms with Crippen molar-refractivity contribution in [2.24, 2.45) is 0 Å². The summed E-state index contributed by atoms with van der Waals surface area (Å²) in [4.78, 5) is 10.6. The van der Waals surface area contributed by atoms with Crippen LogP contribution < -0.4 is 0 Å². The fraction of sp³-hybridized carbons (Fsp3) is 0.375. The van der Waals surface area contributed by atoms with E-state index >= 15 is 0 Å². The molecule has 1 aliphatic rings. The molecule has 0 amide bonds. The third-order valence-electron chi connectivity index (χ3n) is 1.37. The molecule has 0 N–H and O–H groups in total. The number of rotatable bonds is 2. The molecule has 0 radical (unpaired) electrons. The number of ether oxygens (including phenoxy) is 1. The molecular formula is C8H10O2. The first-order chi connectivity index (χ1) is 4.83. The van der Waals surface area contributed by atoms with Gasteiger partial charge in [0.15, 0.2) is 0 Å². The molecule has 1 aliphatic heterocycles. The largest absolute Gasteiger partial charge is 0.459 e. The van der Waals surface area contributed by atoms with Crippen LogP contribution >= 0.6 is 0 Å². The Balaban J connectivity index is 2.43. The Morgan fingerprint density at radius 3 is 3.30 bits per heavy atom. The van der Waals surface area contributed by atoms with Crippen molar-refractivity contribution in [2.45, 2.75) is 18.9 Å². The molecule has 2 heteroatoms. The topological polar surface area (TPSA) is 26.3 Å². The summed E-state index contributed by atoms with van der Waals surface area (Å²) in [6.45, 7) is 3.56. The van der Waals surface area contributed by atoms with Gasteiger partial charge in [0.2, 0.25) is 0 Å². The summed E-state index contributed by atoms with van der Waals surface area (Å²) in [6, 6.07) is 0. The number of hydrogen-bond acceptors (Lipinski definition) is 2. The van der Waals surface area contributed by atoms with E-state index in [1.807, 2.05) is 6.08 Å². The summed E-state index contributed by atoms with van der Waals surface area (Å²) in [5.74, 6) is -0.238. The lowest BCUT2D eigenvalue weighted by atomic mass is 10.1. The SMILES string of the molecule is C=CC[C@@H]1CC=CC(=O)O1. The highest BCUT2D eigenvalue weighted by atomic mass is 16.5. The van der Waals surface area contributed by atoms with Crippen molar-refractivity contribution in [1.29, 1.82) is 0 Å². The summed E-state index contributed by atoms with van der Waals surface area (Å²) in [5.41, 5.74) is 0. The van der Waals surface area contributed by atoms with Crippen LogP contribution in [0.5, 0.6) is 0 Å². The fourth-order valence-electron chi connectivity index (χ4n) is 0.898. The van der Waals surface area contributed by atoms with Gasteiger partial charge >= 0.3 is 5.97 Å². The Morgan fingerprint density at radius 1 is 1.90 bits per heavy atom. The van der Waals surface area contributed by atoms with Gasteiger partial charge in [-0.05, 0) is 0 Å². The van der Waals surface area contributed by atoms with Crippen molar-refractivity contribution < 1.29 is 9.53 Å². The average Bonchev–Trinajstić information content (AvgIpc) is 1.88. The number of esters is 1. The van der Waals surface area contributed by atoms with Crippen LogP contribution in [0.25, 0.3) is 0 Å². The quantitative estimate of drug-likeness (QED) is 0.426. The zero-order valence-corrected chi connectivity index (χ0v) is 5.75. The smallest absolute Gasteiger partial charge is 0.330 e. The van der Waals surface area contributed by atoms with E-state index in [0.717, 1.165) is 12.8 Å². The highest BCUT2D eigenvalue weighted by molar-refractivity contribution is 5.82. The minimum Gasteiger partial charge on any atom is -0.459 e. The number of carbonyl (C=O) groups is 1. The van der Waals surface area contributed by atoms with Gasteiger partial charge in [0.05, 0.1) is 0 Å². The lowest BCUT2D eigenvalue weighted by molar-refractivity contribution is -0.143. The standard InChI is InChI=1S/C8H10O2/c1-2-4-7-5-3-6-8(9)10-7/h2-3,6-7H,1,4-5H2/t7-/m1/s1. The molecule has 0 fully saturated rings. The molecule has 0 aromatic rings. The van der Waals surface area contributed by atoms with Gasteiger partial charge < -0.3 is 4.74 Å². The van der Waals surface area contributed by atoms with Crippen molar-refractivity contribution in [3.05, 3.63) is 24.8 Å². The van der Waals surface area contributed by atoms with Crippen LogP contribution in [0.15, 0.2) is 24.8 Å². The number of hydrogen-bond donors (Lipinski definition) is 0. The van der Waals surface area contributed by atoms with Gasteiger partial charge in [0, 0.05) is 18.9 Å². The molecule has 0 spiro atoms. The molecule has 0 saturated heterocycles. The second kappa shape index (κ2) is 3.20. The third kappa shape index (κ3) is 1.72. The molecule has 0 bridgehead atoms. The van der Waals surface area contributed by atoms with Crippen molar-refractivity contribution in [3.8, 4) is 0 Å². The van der Waals surface area contributed by atoms with Gasteiger partial charge in [-0.15, -0.1) is 6.58 Å². The molecule has 0 aromatic heterocycles. The van der Waals surface area contributed by atoms with Crippen LogP contribution in [-0.2, 0) is 9.53 Å². The zero-order chi connectivity index (χ0) is 7.40. The predicted molar refractivity (Wildman–Crippen MR) is 38.5 cm³/mol. The molecule has 0 saturated carbocycles. The molecule has 0 aliphatic carbocycles. The molecule has 2 nitrogen and oxygen atoms in total. The van der Waals surface area contributed by atoms with Crippen LogP contribution in [-0.4, -0.2) is 12.1 Å². The molecule has 0 aromatic carbocycles. The Kier molecular flexibility index (Phi) is 2.26. The van der Waals surface area contributed by atoms with Gasteiger partial charge in [-0.3, -0.25) is 0 Å². The maximum Gasteiger partial charge on any atom is 0.330 e. The first-order valence-corrected chi connectivity index (χ1v) is 3.31. The highest BCUT2D eigenvalue weighted by Gasteiger charge is 2.13. The Hall–Kier alpha value is -1.05. The third-order valence-corrected chi connectivity index (χ3v) is 1.37. The summed E-state index contributed by atoms with van der Waals surface area (Å²) in [7, 11) is 0. The van der Waals surface area contributed by atoms with Gasteiger partial charge in [-0.2, -0.15) is 0 Å². The minimum absolute atomic E-state index is 0.0231. The molecule has 10 heavy (non-hydrogen) atoms. The predicted octanol–water partition coefficient (Wildman–Crippen LogP) is 1.43. The van der Waals surface area contributed by atoms with E-state index < -0.39 is 0 Å². The van der Waals surface area contributed by atoms with Crippen molar-refractivity contribution in [2.75, 3.05) is 0 Å². The van der Waals surface area contributed by atoms with Crippen LogP contribution in [0, 0.1) is 0 Å². The number of cyclic esters (lactones) is 1. The van der Waals surface area contributed by atoms with E-state index in [1.54, 1.807) is 6.08 Å². The highest BCUT2D eigenvalue weighted by Crippen LogP contribution is 2.10. The van der Waals surface area contributed by atoms with Gasteiger partial charge in [-0.25, -0.2) is 4.79 Å². The van der Waals surface area contributed by atoms with E-state index in [0.29, 0.717) is 0 Å². The summed E-state index contributed by atoms with van der Waals surface area (Å²) in [6.07, 6.45) is 6.64. The Bertz CT molecular complexity index is 170. The Labute approximate surface area is 60.2 Å². The molecule has 1 atom stereocenters. The monoisotopic (exact) mass is 138 g/mol. The maximum atomic E-state index is 10.6. The van der Waals surface area contributed by atoms with Crippen molar-refractivity contribution >= 4 is 5.97 Å². The van der Waals surface area contributed by atoms with Crippen molar-refractivity contribution in [1.82, 2.24) is 0 Å². The summed E-state index contributed by atoms with van der Waals surface area (Å²) >= 11 is 0. The first-order valence-electron chi connectivity index (χ1n) is 3.31. The van der Waals surface area contributed by atoms with E-state index in [-0.39, 0.29) is 12.1 Å². The van der Waals surface area contributed by atoms with Gasteiger partial charge in [-0.1, -0.05) is 12.2 Å². The van der Waals surface area contributed by atoms with Crippen molar-refractivity contribution in [3.63, 3.8) is 0 Å².